The maximum absolute atomic E-state index is 12.5. The molecule has 0 bridgehead atoms. The molecule has 0 aromatic carbocycles. The number of anilines is 1. The lowest BCUT2D eigenvalue weighted by Gasteiger charge is -2.36. The molecule has 0 aliphatic carbocycles. The number of thiophene rings is 1. The number of fused-ring (bicyclic) bond motifs is 1. The molecule has 0 unspecified atom stereocenters. The molecule has 0 saturated carbocycles. The fourth-order valence-corrected chi connectivity index (χ4v) is 4.51. The van der Waals surface area contributed by atoms with Gasteiger partial charge in [-0.3, -0.25) is 4.79 Å². The van der Waals surface area contributed by atoms with Crippen molar-refractivity contribution in [3.63, 3.8) is 0 Å². The molecule has 2 saturated heterocycles. The zero-order chi connectivity index (χ0) is 16.7. The third-order valence-corrected chi connectivity index (χ3v) is 6.16. The smallest absolute Gasteiger partial charge is 0.251 e. The fraction of sp³-hybridized carbons (Fsp3) is 0.588. The van der Waals surface area contributed by atoms with Crippen molar-refractivity contribution in [2.75, 3.05) is 37.7 Å². The standard InChI is InChI=1S/C17H22N4O2S/c1-11-12(2)24-16-14(11)15(18-10-19-16)20-5-7-21(8-6-20)17(22)13-4-3-9-23-13/h10,13H,3-9H2,1-2H3/t13-/m0/s1. The van der Waals surface area contributed by atoms with E-state index >= 15 is 0 Å². The van der Waals surface area contributed by atoms with Crippen LogP contribution in [0.25, 0.3) is 10.2 Å². The van der Waals surface area contributed by atoms with Crippen LogP contribution in [0.2, 0.25) is 0 Å². The van der Waals surface area contributed by atoms with E-state index in [0.717, 1.165) is 49.7 Å². The van der Waals surface area contributed by atoms with Crippen molar-refractivity contribution in [1.29, 1.82) is 0 Å². The van der Waals surface area contributed by atoms with Gasteiger partial charge in [-0.05, 0) is 32.3 Å². The Hall–Kier alpha value is -1.73. The van der Waals surface area contributed by atoms with Crippen LogP contribution in [-0.4, -0.2) is 59.7 Å². The Labute approximate surface area is 145 Å². The molecule has 2 aromatic heterocycles. The zero-order valence-electron chi connectivity index (χ0n) is 14.1. The molecule has 128 valence electrons. The molecule has 2 fully saturated rings. The van der Waals surface area contributed by atoms with Crippen LogP contribution in [0, 0.1) is 13.8 Å². The third kappa shape index (κ3) is 2.65. The molecule has 24 heavy (non-hydrogen) atoms. The number of hydrogen-bond donors (Lipinski definition) is 0. The average molecular weight is 346 g/mol. The summed E-state index contributed by atoms with van der Waals surface area (Å²) < 4.78 is 5.53. The van der Waals surface area contributed by atoms with E-state index in [9.17, 15) is 4.79 Å². The minimum atomic E-state index is -0.218. The number of aryl methyl sites for hydroxylation is 2. The molecule has 4 rings (SSSR count). The van der Waals surface area contributed by atoms with Crippen molar-refractivity contribution in [2.45, 2.75) is 32.8 Å². The van der Waals surface area contributed by atoms with Crippen LogP contribution in [0.5, 0.6) is 0 Å². The summed E-state index contributed by atoms with van der Waals surface area (Å²) in [6.07, 6.45) is 3.28. The summed E-state index contributed by atoms with van der Waals surface area (Å²) in [5, 5.41) is 1.17. The molecule has 0 spiro atoms. The minimum Gasteiger partial charge on any atom is -0.368 e. The number of ether oxygens (including phenoxy) is 1. The van der Waals surface area contributed by atoms with E-state index in [4.69, 9.17) is 4.74 Å². The normalized spacial score (nSPS) is 21.7. The highest BCUT2D eigenvalue weighted by atomic mass is 32.1. The summed E-state index contributed by atoms with van der Waals surface area (Å²) >= 11 is 1.72. The van der Waals surface area contributed by atoms with E-state index in [-0.39, 0.29) is 12.0 Å². The van der Waals surface area contributed by atoms with Gasteiger partial charge in [-0.1, -0.05) is 0 Å². The third-order valence-electron chi connectivity index (χ3n) is 5.04. The van der Waals surface area contributed by atoms with Gasteiger partial charge in [0.1, 0.15) is 23.1 Å². The van der Waals surface area contributed by atoms with Gasteiger partial charge in [-0.25, -0.2) is 9.97 Å². The molecule has 1 atom stereocenters. The number of amides is 1. The molecule has 2 aromatic rings. The average Bonchev–Trinajstić information content (AvgIpc) is 3.24. The van der Waals surface area contributed by atoms with E-state index < -0.39 is 0 Å². The number of aromatic nitrogens is 2. The molecular formula is C17H22N4O2S. The summed E-state index contributed by atoms with van der Waals surface area (Å²) in [4.78, 5) is 28.0. The van der Waals surface area contributed by atoms with Crippen LogP contribution in [0.4, 0.5) is 5.82 Å². The highest BCUT2D eigenvalue weighted by Crippen LogP contribution is 2.34. The number of rotatable bonds is 2. The summed E-state index contributed by atoms with van der Waals surface area (Å²) in [5.41, 5.74) is 1.27. The van der Waals surface area contributed by atoms with Crippen molar-refractivity contribution < 1.29 is 9.53 Å². The van der Waals surface area contributed by atoms with Gasteiger partial charge >= 0.3 is 0 Å². The first kappa shape index (κ1) is 15.8. The monoisotopic (exact) mass is 346 g/mol. The maximum Gasteiger partial charge on any atom is 0.251 e. The van der Waals surface area contributed by atoms with E-state index in [1.54, 1.807) is 17.7 Å². The van der Waals surface area contributed by atoms with Gasteiger partial charge in [0.25, 0.3) is 5.91 Å². The van der Waals surface area contributed by atoms with Gasteiger partial charge in [0.15, 0.2) is 0 Å². The van der Waals surface area contributed by atoms with Gasteiger partial charge < -0.3 is 14.5 Å². The van der Waals surface area contributed by atoms with Crippen LogP contribution >= 0.6 is 11.3 Å². The first-order valence-electron chi connectivity index (χ1n) is 8.51. The summed E-state index contributed by atoms with van der Waals surface area (Å²) in [7, 11) is 0. The lowest BCUT2D eigenvalue weighted by molar-refractivity contribution is -0.141. The number of nitrogens with zero attached hydrogens (tertiary/aromatic N) is 4. The van der Waals surface area contributed by atoms with Crippen molar-refractivity contribution in [1.82, 2.24) is 14.9 Å². The number of piperazine rings is 1. The first-order valence-corrected chi connectivity index (χ1v) is 9.33. The lowest BCUT2D eigenvalue weighted by atomic mass is 10.1. The second kappa shape index (κ2) is 6.29. The Kier molecular flexibility index (Phi) is 4.14. The maximum atomic E-state index is 12.5. The second-order valence-electron chi connectivity index (χ2n) is 6.47. The molecule has 0 radical (unpaired) electrons. The summed E-state index contributed by atoms with van der Waals surface area (Å²) in [5.74, 6) is 1.16. The second-order valence-corrected chi connectivity index (χ2v) is 7.68. The number of carbonyl (C=O) groups excluding carboxylic acids is 1. The van der Waals surface area contributed by atoms with Gasteiger partial charge in [-0.2, -0.15) is 0 Å². The molecule has 6 nitrogen and oxygen atoms in total. The Morgan fingerprint density at radius 3 is 2.75 bits per heavy atom. The Morgan fingerprint density at radius 2 is 2.04 bits per heavy atom. The van der Waals surface area contributed by atoms with Crippen molar-refractivity contribution in [3.05, 3.63) is 16.8 Å². The van der Waals surface area contributed by atoms with Gasteiger partial charge in [0.05, 0.1) is 5.39 Å². The fourth-order valence-electron chi connectivity index (χ4n) is 3.52. The summed E-state index contributed by atoms with van der Waals surface area (Å²) in [6, 6.07) is 0. The van der Waals surface area contributed by atoms with Gasteiger partial charge in [0.2, 0.25) is 0 Å². The number of carbonyl (C=O) groups is 1. The van der Waals surface area contributed by atoms with E-state index in [2.05, 4.69) is 28.7 Å². The predicted molar refractivity (Wildman–Crippen MR) is 94.7 cm³/mol. The lowest BCUT2D eigenvalue weighted by Crippen LogP contribution is -2.51. The van der Waals surface area contributed by atoms with Crippen LogP contribution in [0.3, 0.4) is 0 Å². The van der Waals surface area contributed by atoms with Gasteiger partial charge in [-0.15, -0.1) is 11.3 Å². The van der Waals surface area contributed by atoms with E-state index in [1.807, 2.05) is 4.90 Å². The van der Waals surface area contributed by atoms with Gasteiger partial charge in [0, 0.05) is 37.7 Å². The van der Waals surface area contributed by atoms with Crippen LogP contribution < -0.4 is 4.90 Å². The van der Waals surface area contributed by atoms with Crippen LogP contribution in [0.15, 0.2) is 6.33 Å². The predicted octanol–water partition coefficient (Wildman–Crippen LogP) is 2.14. The first-order chi connectivity index (χ1) is 11.6. The summed E-state index contributed by atoms with van der Waals surface area (Å²) in [6.45, 7) is 8.05. The van der Waals surface area contributed by atoms with Crippen molar-refractivity contribution in [2.24, 2.45) is 0 Å². The minimum absolute atomic E-state index is 0.155. The Morgan fingerprint density at radius 1 is 1.25 bits per heavy atom. The van der Waals surface area contributed by atoms with Crippen LogP contribution in [0.1, 0.15) is 23.3 Å². The topological polar surface area (TPSA) is 58.6 Å². The van der Waals surface area contributed by atoms with Crippen molar-refractivity contribution >= 4 is 33.3 Å². The molecule has 7 heteroatoms. The molecule has 2 aliphatic rings. The molecule has 4 heterocycles. The van der Waals surface area contributed by atoms with Crippen LogP contribution in [-0.2, 0) is 9.53 Å². The molecule has 2 aliphatic heterocycles. The quantitative estimate of drug-likeness (QED) is 0.834. The molecule has 1 amide bonds. The van der Waals surface area contributed by atoms with E-state index in [0.29, 0.717) is 6.61 Å². The SMILES string of the molecule is Cc1sc2ncnc(N3CCN(C(=O)[C@@H]4CCCO4)CC3)c2c1C. The molecular weight excluding hydrogens is 324 g/mol. The van der Waals surface area contributed by atoms with Crippen molar-refractivity contribution in [3.8, 4) is 0 Å². The Balaban J connectivity index is 1.51. The Bertz CT molecular complexity index is 761. The highest BCUT2D eigenvalue weighted by molar-refractivity contribution is 7.18. The largest absolute Gasteiger partial charge is 0.368 e. The number of hydrogen-bond acceptors (Lipinski definition) is 6. The zero-order valence-corrected chi connectivity index (χ0v) is 14.9. The van der Waals surface area contributed by atoms with E-state index in [1.165, 1.54) is 15.8 Å². The molecule has 0 N–H and O–H groups in total. The highest BCUT2D eigenvalue weighted by Gasteiger charge is 2.31.